The zero-order chi connectivity index (χ0) is 19.2. The number of ether oxygens (including phenoxy) is 1. The lowest BCUT2D eigenvalue weighted by atomic mass is 10.0. The Labute approximate surface area is 160 Å². The predicted octanol–water partition coefficient (Wildman–Crippen LogP) is 4.16. The monoisotopic (exact) mass is 362 g/mol. The number of carbonyl (C=O) groups is 1. The minimum atomic E-state index is -0.0310. The van der Waals surface area contributed by atoms with E-state index in [0.29, 0.717) is 13.1 Å². The first-order valence-corrected chi connectivity index (χ1v) is 9.14. The molecule has 0 aliphatic heterocycles. The fourth-order valence-corrected chi connectivity index (χ4v) is 3.19. The Balaban J connectivity index is 1.55. The summed E-state index contributed by atoms with van der Waals surface area (Å²) in [5, 5.41) is 5.49. The summed E-state index contributed by atoms with van der Waals surface area (Å²) in [6.45, 7) is 3.08. The first-order valence-electron chi connectivity index (χ1n) is 9.14. The molecule has 4 heteroatoms. The number of rotatable bonds is 7. The number of fused-ring (bicyclic) bond motifs is 1. The maximum atomic E-state index is 12.4. The van der Waals surface area contributed by atoms with Gasteiger partial charge in [0, 0.05) is 6.54 Å². The number of benzene rings is 3. The van der Waals surface area contributed by atoms with Crippen molar-refractivity contribution in [3.8, 4) is 5.75 Å². The fraction of sp³-hybridized carbons (Fsp3) is 0.261. The molecule has 3 aromatic carbocycles. The van der Waals surface area contributed by atoms with Crippen LogP contribution in [0.2, 0.25) is 0 Å². The van der Waals surface area contributed by atoms with Crippen LogP contribution in [0.25, 0.3) is 10.8 Å². The number of nitrogens with one attached hydrogen (secondary N) is 1. The molecule has 0 bridgehead atoms. The zero-order valence-corrected chi connectivity index (χ0v) is 16.1. The van der Waals surface area contributed by atoms with Crippen LogP contribution in [-0.4, -0.2) is 31.5 Å². The van der Waals surface area contributed by atoms with Gasteiger partial charge in [0.15, 0.2) is 0 Å². The maximum absolute atomic E-state index is 12.4. The molecule has 27 heavy (non-hydrogen) atoms. The van der Waals surface area contributed by atoms with Crippen molar-refractivity contribution in [2.45, 2.75) is 19.5 Å². The molecule has 0 spiro atoms. The number of likely N-dealkylation sites (N-methyl/N-ethyl adjacent to an activating group) is 1. The van der Waals surface area contributed by atoms with E-state index in [1.54, 1.807) is 7.11 Å². The molecule has 0 fully saturated rings. The molecule has 0 saturated heterocycles. The van der Waals surface area contributed by atoms with E-state index in [-0.39, 0.29) is 11.9 Å². The number of hydrogen-bond acceptors (Lipinski definition) is 3. The Hall–Kier alpha value is -2.85. The first kappa shape index (κ1) is 18.9. The largest absolute Gasteiger partial charge is 0.497 e. The Bertz CT molecular complexity index is 906. The van der Waals surface area contributed by atoms with Crippen molar-refractivity contribution in [1.29, 1.82) is 0 Å². The molecule has 0 aromatic heterocycles. The van der Waals surface area contributed by atoms with Gasteiger partial charge in [0.05, 0.1) is 19.7 Å². The molecule has 0 aliphatic rings. The molecule has 3 aromatic rings. The topological polar surface area (TPSA) is 41.6 Å². The normalized spacial score (nSPS) is 12.1. The lowest BCUT2D eigenvalue weighted by molar-refractivity contribution is -0.122. The van der Waals surface area contributed by atoms with Gasteiger partial charge in [-0.25, -0.2) is 0 Å². The SMILES string of the molecule is COc1ccc(CN(C)CC(=O)N[C@@H](C)c2ccc3ccccc3c2)cc1. The van der Waals surface area contributed by atoms with Gasteiger partial charge in [0.25, 0.3) is 0 Å². The third-order valence-electron chi connectivity index (χ3n) is 4.68. The van der Waals surface area contributed by atoms with Gasteiger partial charge >= 0.3 is 0 Å². The van der Waals surface area contributed by atoms with E-state index in [9.17, 15) is 4.79 Å². The van der Waals surface area contributed by atoms with Crippen LogP contribution in [0.3, 0.4) is 0 Å². The van der Waals surface area contributed by atoms with Gasteiger partial charge < -0.3 is 10.1 Å². The highest BCUT2D eigenvalue weighted by molar-refractivity contribution is 5.83. The van der Waals surface area contributed by atoms with Gasteiger partial charge in [-0.15, -0.1) is 0 Å². The van der Waals surface area contributed by atoms with Gasteiger partial charge in [-0.1, -0.05) is 48.5 Å². The van der Waals surface area contributed by atoms with Crippen molar-refractivity contribution in [3.05, 3.63) is 77.9 Å². The quantitative estimate of drug-likeness (QED) is 0.686. The maximum Gasteiger partial charge on any atom is 0.234 e. The van der Waals surface area contributed by atoms with Crippen LogP contribution >= 0.6 is 0 Å². The highest BCUT2D eigenvalue weighted by Gasteiger charge is 2.12. The third kappa shape index (κ3) is 5.08. The number of carbonyl (C=O) groups excluding carboxylic acids is 1. The second kappa shape index (κ2) is 8.69. The highest BCUT2D eigenvalue weighted by Crippen LogP contribution is 2.20. The summed E-state index contributed by atoms with van der Waals surface area (Å²) in [5.74, 6) is 0.857. The molecule has 0 aliphatic carbocycles. The van der Waals surface area contributed by atoms with E-state index < -0.39 is 0 Å². The van der Waals surface area contributed by atoms with Gasteiger partial charge in [0.1, 0.15) is 5.75 Å². The molecule has 0 saturated carbocycles. The number of nitrogens with zero attached hydrogens (tertiary/aromatic N) is 1. The molecule has 0 radical (unpaired) electrons. The third-order valence-corrected chi connectivity index (χ3v) is 4.68. The lowest BCUT2D eigenvalue weighted by Crippen LogP contribution is -2.36. The Morgan fingerprint density at radius 2 is 1.74 bits per heavy atom. The van der Waals surface area contributed by atoms with Crippen molar-refractivity contribution in [3.63, 3.8) is 0 Å². The first-order chi connectivity index (χ1) is 13.0. The van der Waals surface area contributed by atoms with Gasteiger partial charge in [-0.2, -0.15) is 0 Å². The van der Waals surface area contributed by atoms with Crippen LogP contribution in [0.4, 0.5) is 0 Å². The van der Waals surface area contributed by atoms with Crippen LogP contribution in [-0.2, 0) is 11.3 Å². The summed E-state index contributed by atoms with van der Waals surface area (Å²) in [6, 6.07) is 22.4. The second-order valence-electron chi connectivity index (χ2n) is 6.92. The standard InChI is InChI=1S/C23H26N2O2/c1-17(20-11-10-19-6-4-5-7-21(19)14-20)24-23(26)16-25(2)15-18-8-12-22(27-3)13-9-18/h4-14,17H,15-16H2,1-3H3,(H,24,26)/t17-/m0/s1. The van der Waals surface area contributed by atoms with Gasteiger partial charge in [-0.05, 0) is 54.1 Å². The average Bonchev–Trinajstić information content (AvgIpc) is 2.68. The molecule has 4 nitrogen and oxygen atoms in total. The van der Waals surface area contributed by atoms with Gasteiger partial charge in [0.2, 0.25) is 5.91 Å². The summed E-state index contributed by atoms with van der Waals surface area (Å²) < 4.78 is 5.17. The molecular formula is C23H26N2O2. The van der Waals surface area contributed by atoms with E-state index in [4.69, 9.17) is 4.74 Å². The molecule has 1 atom stereocenters. The molecule has 3 rings (SSSR count). The highest BCUT2D eigenvalue weighted by atomic mass is 16.5. The minimum Gasteiger partial charge on any atom is -0.497 e. The lowest BCUT2D eigenvalue weighted by Gasteiger charge is -2.19. The fourth-order valence-electron chi connectivity index (χ4n) is 3.19. The Kier molecular flexibility index (Phi) is 6.09. The van der Waals surface area contributed by atoms with Crippen LogP contribution < -0.4 is 10.1 Å². The Morgan fingerprint density at radius 1 is 1.04 bits per heavy atom. The molecule has 1 N–H and O–H groups in total. The summed E-state index contributed by atoms with van der Waals surface area (Å²) >= 11 is 0. The Morgan fingerprint density at radius 3 is 2.44 bits per heavy atom. The minimum absolute atomic E-state index is 0.0201. The summed E-state index contributed by atoms with van der Waals surface area (Å²) in [6.07, 6.45) is 0. The van der Waals surface area contributed by atoms with Crippen LogP contribution in [0.5, 0.6) is 5.75 Å². The number of amides is 1. The second-order valence-corrected chi connectivity index (χ2v) is 6.92. The van der Waals surface area contributed by atoms with Crippen LogP contribution in [0, 0.1) is 0 Å². The van der Waals surface area contributed by atoms with Crippen molar-refractivity contribution < 1.29 is 9.53 Å². The van der Waals surface area contributed by atoms with E-state index >= 15 is 0 Å². The van der Waals surface area contributed by atoms with E-state index in [0.717, 1.165) is 16.9 Å². The van der Waals surface area contributed by atoms with E-state index in [2.05, 4.69) is 35.6 Å². The smallest absolute Gasteiger partial charge is 0.234 e. The van der Waals surface area contributed by atoms with Crippen molar-refractivity contribution in [1.82, 2.24) is 10.2 Å². The van der Waals surface area contributed by atoms with Crippen LogP contribution in [0.1, 0.15) is 24.1 Å². The predicted molar refractivity (Wildman–Crippen MR) is 110 cm³/mol. The van der Waals surface area contributed by atoms with Crippen molar-refractivity contribution in [2.75, 3.05) is 20.7 Å². The molecule has 0 unspecified atom stereocenters. The van der Waals surface area contributed by atoms with E-state index in [1.807, 2.05) is 55.3 Å². The molecule has 1 amide bonds. The summed E-state index contributed by atoms with van der Waals surface area (Å²) in [7, 11) is 3.60. The van der Waals surface area contributed by atoms with Crippen molar-refractivity contribution in [2.24, 2.45) is 0 Å². The van der Waals surface area contributed by atoms with Crippen LogP contribution in [0.15, 0.2) is 66.7 Å². The number of hydrogen-bond donors (Lipinski definition) is 1. The summed E-state index contributed by atoms with van der Waals surface area (Å²) in [4.78, 5) is 14.4. The molecule has 0 heterocycles. The number of methoxy groups -OCH3 is 1. The van der Waals surface area contributed by atoms with E-state index in [1.165, 1.54) is 10.8 Å². The summed E-state index contributed by atoms with van der Waals surface area (Å²) in [5.41, 5.74) is 2.26. The van der Waals surface area contributed by atoms with Crippen molar-refractivity contribution >= 4 is 16.7 Å². The zero-order valence-electron chi connectivity index (χ0n) is 16.1. The molecular weight excluding hydrogens is 336 g/mol. The molecule has 140 valence electrons. The average molecular weight is 362 g/mol. The van der Waals surface area contributed by atoms with Gasteiger partial charge in [-0.3, -0.25) is 9.69 Å².